The van der Waals surface area contributed by atoms with Crippen molar-refractivity contribution in [2.75, 3.05) is 12.3 Å². The summed E-state index contributed by atoms with van der Waals surface area (Å²) in [6.07, 6.45) is -2.54. The zero-order valence-electron chi connectivity index (χ0n) is 7.94. The average Bonchev–Trinajstić information content (AvgIpc) is 2.61. The molecule has 1 aromatic rings. The van der Waals surface area contributed by atoms with E-state index in [1.54, 1.807) is 5.32 Å². The summed E-state index contributed by atoms with van der Waals surface area (Å²) in [5.74, 6) is -5.16. The van der Waals surface area contributed by atoms with E-state index in [1.165, 1.54) is 12.3 Å². The minimum absolute atomic E-state index is 0.0671. The number of halogens is 4. The molecule has 0 aliphatic heterocycles. The van der Waals surface area contributed by atoms with Gasteiger partial charge in [-0.05, 0) is 6.07 Å². The standard InChI is InChI=1S/C8H9F4N3O/c9-7(10)8(11,12)3-15-6(16)5-1-4(13)2-14-5/h1-2,7,14H,3,13H2,(H,15,16). The van der Waals surface area contributed by atoms with E-state index in [0.29, 0.717) is 0 Å². The van der Waals surface area contributed by atoms with Gasteiger partial charge < -0.3 is 16.0 Å². The highest BCUT2D eigenvalue weighted by Crippen LogP contribution is 2.21. The summed E-state index contributed by atoms with van der Waals surface area (Å²) in [4.78, 5) is 13.6. The van der Waals surface area contributed by atoms with Crippen molar-refractivity contribution < 1.29 is 22.4 Å². The smallest absolute Gasteiger partial charge is 0.324 e. The normalized spacial score (nSPS) is 11.8. The monoisotopic (exact) mass is 239 g/mol. The zero-order chi connectivity index (χ0) is 12.3. The minimum atomic E-state index is -4.24. The summed E-state index contributed by atoms with van der Waals surface area (Å²) >= 11 is 0. The molecule has 0 saturated heterocycles. The van der Waals surface area contributed by atoms with E-state index in [0.717, 1.165) is 0 Å². The minimum Gasteiger partial charge on any atom is -0.397 e. The number of aromatic nitrogens is 1. The quantitative estimate of drug-likeness (QED) is 0.691. The first kappa shape index (κ1) is 12.3. The third-order valence-corrected chi connectivity index (χ3v) is 1.75. The number of nitrogens with two attached hydrogens (primary N) is 1. The van der Waals surface area contributed by atoms with Crippen LogP contribution in [0.15, 0.2) is 12.3 Å². The number of alkyl halides is 4. The summed E-state index contributed by atoms with van der Waals surface area (Å²) < 4.78 is 48.3. The van der Waals surface area contributed by atoms with E-state index in [4.69, 9.17) is 5.73 Å². The predicted octanol–water partition coefficient (Wildman–Crippen LogP) is 1.23. The van der Waals surface area contributed by atoms with Gasteiger partial charge in [0.1, 0.15) is 5.69 Å². The zero-order valence-corrected chi connectivity index (χ0v) is 7.94. The van der Waals surface area contributed by atoms with Gasteiger partial charge in [0.05, 0.1) is 6.54 Å². The summed E-state index contributed by atoms with van der Waals surface area (Å²) in [5.41, 5.74) is 5.44. The Morgan fingerprint density at radius 1 is 1.56 bits per heavy atom. The summed E-state index contributed by atoms with van der Waals surface area (Å²) in [6, 6.07) is 1.20. The number of carbonyl (C=O) groups is 1. The molecule has 0 unspecified atom stereocenters. The fourth-order valence-corrected chi connectivity index (χ4v) is 0.913. The van der Waals surface area contributed by atoms with Gasteiger partial charge in [0, 0.05) is 11.9 Å². The molecule has 0 fully saturated rings. The van der Waals surface area contributed by atoms with Gasteiger partial charge in [0.25, 0.3) is 5.91 Å². The Morgan fingerprint density at radius 3 is 2.62 bits per heavy atom. The highest BCUT2D eigenvalue weighted by atomic mass is 19.3. The topological polar surface area (TPSA) is 70.9 Å². The number of anilines is 1. The van der Waals surface area contributed by atoms with Gasteiger partial charge in [-0.3, -0.25) is 4.79 Å². The second-order valence-corrected chi connectivity index (χ2v) is 3.09. The van der Waals surface area contributed by atoms with Gasteiger partial charge in [0.2, 0.25) is 0 Å². The fraction of sp³-hybridized carbons (Fsp3) is 0.375. The van der Waals surface area contributed by atoms with Gasteiger partial charge in [-0.15, -0.1) is 0 Å². The van der Waals surface area contributed by atoms with Crippen molar-refractivity contribution in [3.63, 3.8) is 0 Å². The lowest BCUT2D eigenvalue weighted by Crippen LogP contribution is -2.41. The van der Waals surface area contributed by atoms with Crippen LogP contribution in [0.5, 0.6) is 0 Å². The van der Waals surface area contributed by atoms with Crippen LogP contribution in [0.1, 0.15) is 10.5 Å². The van der Waals surface area contributed by atoms with Crippen molar-refractivity contribution in [1.82, 2.24) is 10.3 Å². The van der Waals surface area contributed by atoms with Crippen molar-refractivity contribution >= 4 is 11.6 Å². The first-order valence-electron chi connectivity index (χ1n) is 4.21. The highest BCUT2D eigenvalue weighted by Gasteiger charge is 2.40. The van der Waals surface area contributed by atoms with Gasteiger partial charge in [-0.2, -0.15) is 8.78 Å². The van der Waals surface area contributed by atoms with E-state index in [1.807, 2.05) is 0 Å². The Labute approximate surface area is 87.8 Å². The van der Waals surface area contributed by atoms with Gasteiger partial charge >= 0.3 is 12.3 Å². The maximum absolute atomic E-state index is 12.4. The van der Waals surface area contributed by atoms with Crippen molar-refractivity contribution in [3.8, 4) is 0 Å². The SMILES string of the molecule is Nc1c[nH]c(C(=O)NCC(F)(F)C(F)F)c1. The lowest BCUT2D eigenvalue weighted by molar-refractivity contribution is -0.123. The number of nitrogens with one attached hydrogen (secondary N) is 2. The number of rotatable bonds is 4. The number of hydrogen-bond acceptors (Lipinski definition) is 2. The molecule has 8 heteroatoms. The molecular weight excluding hydrogens is 230 g/mol. The van der Waals surface area contributed by atoms with Crippen LogP contribution in [0.4, 0.5) is 23.2 Å². The molecule has 16 heavy (non-hydrogen) atoms. The lowest BCUT2D eigenvalue weighted by Gasteiger charge is -2.15. The second-order valence-electron chi connectivity index (χ2n) is 3.09. The van der Waals surface area contributed by atoms with E-state index in [2.05, 4.69) is 4.98 Å². The third-order valence-electron chi connectivity index (χ3n) is 1.75. The number of hydrogen-bond donors (Lipinski definition) is 3. The molecule has 1 rings (SSSR count). The molecule has 0 bridgehead atoms. The van der Waals surface area contributed by atoms with Crippen LogP contribution in [0, 0.1) is 0 Å². The van der Waals surface area contributed by atoms with Crippen LogP contribution in [-0.4, -0.2) is 29.8 Å². The van der Waals surface area contributed by atoms with Crippen molar-refractivity contribution in [2.45, 2.75) is 12.3 Å². The molecule has 0 spiro atoms. The molecule has 1 amide bonds. The van der Waals surface area contributed by atoms with Crippen LogP contribution in [-0.2, 0) is 0 Å². The number of H-pyrrole nitrogens is 1. The van der Waals surface area contributed by atoms with Crippen LogP contribution in [0.2, 0.25) is 0 Å². The summed E-state index contributed by atoms with van der Waals surface area (Å²) in [7, 11) is 0. The lowest BCUT2D eigenvalue weighted by atomic mass is 10.3. The second kappa shape index (κ2) is 4.42. The van der Waals surface area contributed by atoms with E-state index in [9.17, 15) is 22.4 Å². The fourth-order valence-electron chi connectivity index (χ4n) is 0.913. The molecule has 90 valence electrons. The Balaban J connectivity index is 2.54. The summed E-state index contributed by atoms with van der Waals surface area (Å²) in [5, 5.41) is 1.68. The first-order valence-corrected chi connectivity index (χ1v) is 4.21. The molecule has 1 aromatic heterocycles. The van der Waals surface area contributed by atoms with Crippen LogP contribution >= 0.6 is 0 Å². The molecule has 0 radical (unpaired) electrons. The molecule has 0 saturated carbocycles. The average molecular weight is 239 g/mol. The maximum Gasteiger partial charge on any atom is 0.324 e. The largest absolute Gasteiger partial charge is 0.397 e. The number of nitrogen functional groups attached to an aromatic ring is 1. The molecule has 4 nitrogen and oxygen atoms in total. The first-order chi connectivity index (χ1) is 7.33. The summed E-state index contributed by atoms with van der Waals surface area (Å²) in [6.45, 7) is -1.43. The van der Waals surface area contributed by atoms with Crippen molar-refractivity contribution in [1.29, 1.82) is 0 Å². The molecule has 0 aliphatic carbocycles. The molecule has 0 aromatic carbocycles. The molecular formula is C8H9F4N3O. The van der Waals surface area contributed by atoms with Crippen molar-refractivity contribution in [2.24, 2.45) is 0 Å². The Morgan fingerprint density at radius 2 is 2.19 bits per heavy atom. The van der Waals surface area contributed by atoms with Gasteiger partial charge in [0.15, 0.2) is 0 Å². The van der Waals surface area contributed by atoms with Gasteiger partial charge in [-0.25, -0.2) is 8.78 Å². The number of carbonyl (C=O) groups excluding carboxylic acids is 1. The maximum atomic E-state index is 12.4. The highest BCUT2D eigenvalue weighted by molar-refractivity contribution is 5.93. The number of aromatic amines is 1. The van der Waals surface area contributed by atoms with Crippen LogP contribution in [0.25, 0.3) is 0 Å². The van der Waals surface area contributed by atoms with Gasteiger partial charge in [-0.1, -0.05) is 0 Å². The molecule has 4 N–H and O–H groups in total. The predicted molar refractivity (Wildman–Crippen MR) is 48.5 cm³/mol. The number of amides is 1. The molecule has 0 atom stereocenters. The Bertz CT molecular complexity index is 377. The van der Waals surface area contributed by atoms with Crippen LogP contribution < -0.4 is 11.1 Å². The van der Waals surface area contributed by atoms with Crippen molar-refractivity contribution in [3.05, 3.63) is 18.0 Å². The van der Waals surface area contributed by atoms with E-state index < -0.39 is 24.8 Å². The molecule has 1 heterocycles. The Kier molecular flexibility index (Phi) is 3.41. The third kappa shape index (κ3) is 2.88. The van der Waals surface area contributed by atoms with Crippen LogP contribution in [0.3, 0.4) is 0 Å². The van der Waals surface area contributed by atoms with E-state index in [-0.39, 0.29) is 11.4 Å². The van der Waals surface area contributed by atoms with E-state index >= 15 is 0 Å². The Hall–Kier alpha value is -1.73. The molecule has 0 aliphatic rings.